The van der Waals surface area contributed by atoms with Crippen molar-refractivity contribution in [1.29, 1.82) is 0 Å². The number of fused-ring (bicyclic) bond motifs is 2. The molecule has 4 heteroatoms. The molecule has 3 aliphatic heterocycles. The molecule has 0 aromatic heterocycles. The van der Waals surface area contributed by atoms with Crippen molar-refractivity contribution in [3.63, 3.8) is 0 Å². The number of rotatable bonds is 1. The molecule has 3 aliphatic rings. The highest BCUT2D eigenvalue weighted by atomic mass is 16.5. The van der Waals surface area contributed by atoms with Crippen molar-refractivity contribution < 1.29 is 9.53 Å². The van der Waals surface area contributed by atoms with Crippen LogP contribution >= 0.6 is 0 Å². The van der Waals surface area contributed by atoms with Gasteiger partial charge in [0.15, 0.2) is 0 Å². The van der Waals surface area contributed by atoms with Gasteiger partial charge in [-0.1, -0.05) is 18.2 Å². The van der Waals surface area contributed by atoms with Gasteiger partial charge in [-0.05, 0) is 24.8 Å². The van der Waals surface area contributed by atoms with Gasteiger partial charge in [0.25, 0.3) is 0 Å². The van der Waals surface area contributed by atoms with Crippen LogP contribution in [-0.4, -0.2) is 43.1 Å². The highest BCUT2D eigenvalue weighted by Gasteiger charge is 2.46. The van der Waals surface area contributed by atoms with Crippen LogP contribution in [0.25, 0.3) is 0 Å². The van der Waals surface area contributed by atoms with Crippen LogP contribution in [0, 0.1) is 11.8 Å². The van der Waals surface area contributed by atoms with Crippen molar-refractivity contribution in [2.45, 2.75) is 18.9 Å². The number of para-hydroxylation sites is 1. The van der Waals surface area contributed by atoms with Gasteiger partial charge in [0.1, 0.15) is 18.3 Å². The van der Waals surface area contributed by atoms with Crippen LogP contribution in [0.3, 0.4) is 0 Å². The van der Waals surface area contributed by atoms with E-state index in [-0.39, 0.29) is 11.8 Å². The molecule has 106 valence electrons. The van der Waals surface area contributed by atoms with Crippen LogP contribution in [0.1, 0.15) is 18.4 Å². The van der Waals surface area contributed by atoms with E-state index in [1.165, 1.54) is 0 Å². The Labute approximate surface area is 119 Å². The second-order valence-electron chi connectivity index (χ2n) is 6.21. The predicted molar refractivity (Wildman–Crippen MR) is 75.7 cm³/mol. The summed E-state index contributed by atoms with van der Waals surface area (Å²) < 4.78 is 5.66. The maximum Gasteiger partial charge on any atom is 0.233 e. The van der Waals surface area contributed by atoms with Crippen LogP contribution in [0.15, 0.2) is 24.3 Å². The van der Waals surface area contributed by atoms with E-state index in [2.05, 4.69) is 17.1 Å². The normalized spacial score (nSPS) is 34.8. The van der Waals surface area contributed by atoms with E-state index in [0.717, 1.165) is 30.9 Å². The van der Waals surface area contributed by atoms with E-state index in [0.29, 0.717) is 24.5 Å². The van der Waals surface area contributed by atoms with Gasteiger partial charge in [-0.25, -0.2) is 0 Å². The van der Waals surface area contributed by atoms with Crippen molar-refractivity contribution in [3.8, 4) is 5.75 Å². The van der Waals surface area contributed by atoms with E-state index in [4.69, 9.17) is 4.74 Å². The van der Waals surface area contributed by atoms with Gasteiger partial charge in [0.2, 0.25) is 5.91 Å². The number of benzene rings is 1. The highest BCUT2D eigenvalue weighted by molar-refractivity contribution is 5.86. The first kappa shape index (κ1) is 12.2. The van der Waals surface area contributed by atoms with E-state index < -0.39 is 0 Å². The Kier molecular flexibility index (Phi) is 2.74. The third kappa shape index (κ3) is 1.67. The number of nitrogens with zero attached hydrogens (tertiary/aromatic N) is 1. The molecule has 0 saturated carbocycles. The number of likely N-dealkylation sites (tertiary alicyclic amines) is 1. The molecule has 4 nitrogen and oxygen atoms in total. The van der Waals surface area contributed by atoms with Gasteiger partial charge >= 0.3 is 0 Å². The van der Waals surface area contributed by atoms with E-state index >= 15 is 0 Å². The Bertz CT molecular complexity index is 545. The van der Waals surface area contributed by atoms with Crippen molar-refractivity contribution in [3.05, 3.63) is 29.8 Å². The topological polar surface area (TPSA) is 41.6 Å². The number of carbonyl (C=O) groups excluding carboxylic acids is 1. The van der Waals surface area contributed by atoms with Crippen LogP contribution in [0.4, 0.5) is 0 Å². The minimum absolute atomic E-state index is 0.111. The van der Waals surface area contributed by atoms with Crippen molar-refractivity contribution in [2.75, 3.05) is 26.2 Å². The lowest BCUT2D eigenvalue weighted by Gasteiger charge is -2.27. The molecule has 0 aliphatic carbocycles. The molecule has 1 aromatic rings. The zero-order valence-electron chi connectivity index (χ0n) is 11.7. The minimum atomic E-state index is -0.111. The first-order chi connectivity index (χ1) is 9.75. The lowest BCUT2D eigenvalue weighted by Crippen LogP contribution is -2.41. The summed E-state index contributed by atoms with van der Waals surface area (Å²) in [5, 5.41) is 3.44. The number of hydrogen-bond donors (Lipinski definition) is 1. The quantitative estimate of drug-likeness (QED) is 0.836. The Morgan fingerprint density at radius 3 is 3.05 bits per heavy atom. The maximum atomic E-state index is 12.9. The average molecular weight is 272 g/mol. The second kappa shape index (κ2) is 4.48. The summed E-state index contributed by atoms with van der Waals surface area (Å²) in [6, 6.07) is 8.26. The summed E-state index contributed by atoms with van der Waals surface area (Å²) in [6.07, 6.45) is 0. The zero-order chi connectivity index (χ0) is 13.7. The fourth-order valence-electron chi connectivity index (χ4n) is 4.03. The standard InChI is InChI=1S/C16H20N2O2/c1-10-13-7-17-6-11(13)8-18(10)16(19)14-9-20-15-5-3-2-4-12(14)15/h2-5,10-11,13-14,17H,6-9H2,1H3. The Balaban J connectivity index is 1.57. The molecule has 1 N–H and O–H groups in total. The molecule has 4 unspecified atom stereocenters. The zero-order valence-corrected chi connectivity index (χ0v) is 11.7. The molecule has 0 spiro atoms. The molecular formula is C16H20N2O2. The van der Waals surface area contributed by atoms with Crippen molar-refractivity contribution in [1.82, 2.24) is 10.2 Å². The van der Waals surface area contributed by atoms with E-state index in [1.807, 2.05) is 24.3 Å². The van der Waals surface area contributed by atoms with Crippen molar-refractivity contribution >= 4 is 5.91 Å². The summed E-state index contributed by atoms with van der Waals surface area (Å²) >= 11 is 0. The summed E-state index contributed by atoms with van der Waals surface area (Å²) in [7, 11) is 0. The van der Waals surface area contributed by atoms with Crippen molar-refractivity contribution in [2.24, 2.45) is 11.8 Å². The number of nitrogens with one attached hydrogen (secondary N) is 1. The highest BCUT2D eigenvalue weighted by Crippen LogP contribution is 2.38. The molecule has 20 heavy (non-hydrogen) atoms. The van der Waals surface area contributed by atoms with Gasteiger partial charge in [-0.3, -0.25) is 4.79 Å². The predicted octanol–water partition coefficient (Wildman–Crippen LogP) is 1.23. The first-order valence-electron chi connectivity index (χ1n) is 7.48. The molecule has 2 fully saturated rings. The smallest absolute Gasteiger partial charge is 0.233 e. The van der Waals surface area contributed by atoms with Gasteiger partial charge < -0.3 is 15.0 Å². The van der Waals surface area contributed by atoms with Crippen LogP contribution in [0.2, 0.25) is 0 Å². The number of hydrogen-bond acceptors (Lipinski definition) is 3. The lowest BCUT2D eigenvalue weighted by molar-refractivity contribution is -0.134. The van der Waals surface area contributed by atoms with E-state index in [1.54, 1.807) is 0 Å². The van der Waals surface area contributed by atoms with Crippen LogP contribution in [-0.2, 0) is 4.79 Å². The number of carbonyl (C=O) groups is 1. The Morgan fingerprint density at radius 2 is 2.20 bits per heavy atom. The summed E-state index contributed by atoms with van der Waals surface area (Å²) in [5.41, 5.74) is 1.06. The Hall–Kier alpha value is -1.55. The van der Waals surface area contributed by atoms with E-state index in [9.17, 15) is 4.79 Å². The van der Waals surface area contributed by atoms with Crippen LogP contribution in [0.5, 0.6) is 5.75 Å². The molecule has 0 radical (unpaired) electrons. The fourth-order valence-corrected chi connectivity index (χ4v) is 4.03. The Morgan fingerprint density at radius 1 is 1.35 bits per heavy atom. The molecule has 3 heterocycles. The number of ether oxygens (including phenoxy) is 1. The summed E-state index contributed by atoms with van der Waals surface area (Å²) in [4.78, 5) is 15.0. The number of amides is 1. The third-order valence-corrected chi connectivity index (χ3v) is 5.22. The minimum Gasteiger partial charge on any atom is -0.492 e. The van der Waals surface area contributed by atoms with Gasteiger partial charge in [-0.15, -0.1) is 0 Å². The largest absolute Gasteiger partial charge is 0.492 e. The van der Waals surface area contributed by atoms with Crippen LogP contribution < -0.4 is 10.1 Å². The molecule has 2 saturated heterocycles. The fraction of sp³-hybridized carbons (Fsp3) is 0.562. The first-order valence-corrected chi connectivity index (χ1v) is 7.48. The lowest BCUT2D eigenvalue weighted by atomic mass is 9.95. The average Bonchev–Trinajstić information content (AvgIpc) is 3.14. The maximum absolute atomic E-state index is 12.9. The monoisotopic (exact) mass is 272 g/mol. The summed E-state index contributed by atoms with van der Waals surface area (Å²) in [6.45, 7) is 5.69. The molecule has 4 rings (SSSR count). The SMILES string of the molecule is CC1C2CNCC2CN1C(=O)C1COc2ccccc21. The van der Waals surface area contributed by atoms with Gasteiger partial charge in [0, 0.05) is 31.2 Å². The third-order valence-electron chi connectivity index (χ3n) is 5.22. The molecule has 0 bridgehead atoms. The molecule has 1 aromatic carbocycles. The molecule has 1 amide bonds. The van der Waals surface area contributed by atoms with Gasteiger partial charge in [0.05, 0.1) is 0 Å². The molecular weight excluding hydrogens is 252 g/mol. The summed E-state index contributed by atoms with van der Waals surface area (Å²) in [5.74, 6) is 2.26. The second-order valence-corrected chi connectivity index (χ2v) is 6.21. The molecule has 4 atom stereocenters. The van der Waals surface area contributed by atoms with Gasteiger partial charge in [-0.2, -0.15) is 0 Å².